The molecule has 1 aromatic heterocycles. The highest BCUT2D eigenvalue weighted by molar-refractivity contribution is 9.10. The van der Waals surface area contributed by atoms with Crippen LogP contribution in [0.5, 0.6) is 0 Å². The van der Waals surface area contributed by atoms with Gasteiger partial charge in [0.15, 0.2) is 0 Å². The summed E-state index contributed by atoms with van der Waals surface area (Å²) in [4.78, 5) is 6.46. The van der Waals surface area contributed by atoms with E-state index in [0.29, 0.717) is 5.82 Å². The average molecular weight is 307 g/mol. The van der Waals surface area contributed by atoms with E-state index in [1.54, 1.807) is 0 Å². The molecule has 2 rings (SSSR count). The molecule has 4 nitrogen and oxygen atoms in total. The second kappa shape index (κ2) is 5.84. The molecule has 0 atom stereocenters. The van der Waals surface area contributed by atoms with Gasteiger partial charge in [0.2, 0.25) is 0 Å². The topological polar surface area (TPSA) is 54.2 Å². The summed E-state index contributed by atoms with van der Waals surface area (Å²) in [6.07, 6.45) is 0. The number of nitrogens with two attached hydrogens (primary N) is 1. The maximum Gasteiger partial charge on any atom is 0.142 e. The Hall–Kier alpha value is -1.59. The number of aromatic nitrogens is 1. The van der Waals surface area contributed by atoms with Crippen molar-refractivity contribution in [2.45, 2.75) is 6.54 Å². The molecule has 5 heteroatoms. The number of rotatable bonds is 4. The summed E-state index contributed by atoms with van der Waals surface area (Å²) in [5.41, 5.74) is 3.78. The van der Waals surface area contributed by atoms with Crippen LogP contribution >= 0.6 is 15.9 Å². The first-order valence-corrected chi connectivity index (χ1v) is 6.37. The first-order chi connectivity index (χ1) is 8.69. The summed E-state index contributed by atoms with van der Waals surface area (Å²) in [6, 6.07) is 14.0. The molecule has 0 aliphatic heterocycles. The molecule has 0 amide bonds. The number of hydrogen-bond acceptors (Lipinski definition) is 4. The smallest absolute Gasteiger partial charge is 0.142 e. The van der Waals surface area contributed by atoms with Crippen molar-refractivity contribution < 1.29 is 0 Å². The Balaban J connectivity index is 2.11. The molecular formula is C13H15BrN4. The lowest BCUT2D eigenvalue weighted by molar-refractivity contribution is 0.898. The van der Waals surface area contributed by atoms with Gasteiger partial charge in [-0.15, -0.1) is 0 Å². The summed E-state index contributed by atoms with van der Waals surface area (Å²) in [6.45, 7) is 0.800. The van der Waals surface area contributed by atoms with E-state index in [2.05, 4.69) is 43.4 Å². The van der Waals surface area contributed by atoms with Crippen molar-refractivity contribution in [1.82, 2.24) is 4.98 Å². The second-order valence-corrected chi connectivity index (χ2v) is 4.92. The van der Waals surface area contributed by atoms with Crippen LogP contribution in [0.2, 0.25) is 0 Å². The van der Waals surface area contributed by atoms with Gasteiger partial charge in [-0.25, -0.2) is 10.8 Å². The Morgan fingerprint density at radius 1 is 1.22 bits per heavy atom. The van der Waals surface area contributed by atoms with Gasteiger partial charge in [-0.3, -0.25) is 0 Å². The van der Waals surface area contributed by atoms with Crippen LogP contribution in [-0.4, -0.2) is 12.0 Å². The third-order valence-electron chi connectivity index (χ3n) is 2.61. The van der Waals surface area contributed by atoms with Crippen LogP contribution in [0.4, 0.5) is 11.6 Å². The van der Waals surface area contributed by atoms with Gasteiger partial charge in [0.25, 0.3) is 0 Å². The van der Waals surface area contributed by atoms with Gasteiger partial charge in [-0.05, 0) is 29.8 Å². The highest BCUT2D eigenvalue weighted by Gasteiger charge is 2.04. The minimum absolute atomic E-state index is 0.662. The molecule has 0 aliphatic rings. The van der Waals surface area contributed by atoms with E-state index >= 15 is 0 Å². The molecule has 0 aliphatic carbocycles. The molecule has 18 heavy (non-hydrogen) atoms. The van der Waals surface area contributed by atoms with Crippen molar-refractivity contribution in [3.05, 3.63) is 52.5 Å². The molecule has 1 aromatic carbocycles. The van der Waals surface area contributed by atoms with Gasteiger partial charge in [0, 0.05) is 18.1 Å². The van der Waals surface area contributed by atoms with Crippen LogP contribution in [0.25, 0.3) is 0 Å². The molecule has 1 heterocycles. The standard InChI is InChI=1S/C13H15BrN4/c1-18(9-10-5-7-11(14)8-6-10)13-4-2-3-12(16-13)17-15/h2-8H,9,15H2,1H3,(H,16,17). The lowest BCUT2D eigenvalue weighted by Crippen LogP contribution is -2.18. The molecule has 3 N–H and O–H groups in total. The summed E-state index contributed by atoms with van der Waals surface area (Å²) < 4.78 is 1.08. The zero-order chi connectivity index (χ0) is 13.0. The van der Waals surface area contributed by atoms with Crippen molar-refractivity contribution in [2.24, 2.45) is 5.84 Å². The number of nitrogens with zero attached hydrogens (tertiary/aromatic N) is 2. The number of nitrogens with one attached hydrogen (secondary N) is 1. The molecule has 0 fully saturated rings. The highest BCUT2D eigenvalue weighted by Crippen LogP contribution is 2.16. The minimum Gasteiger partial charge on any atom is -0.355 e. The molecule has 0 saturated heterocycles. The van der Waals surface area contributed by atoms with Crippen molar-refractivity contribution in [2.75, 3.05) is 17.4 Å². The van der Waals surface area contributed by atoms with E-state index in [1.165, 1.54) is 5.56 Å². The van der Waals surface area contributed by atoms with Crippen LogP contribution in [0.15, 0.2) is 46.9 Å². The van der Waals surface area contributed by atoms with Crippen LogP contribution in [0.3, 0.4) is 0 Å². The van der Waals surface area contributed by atoms with Gasteiger partial charge in [0.05, 0.1) is 0 Å². The summed E-state index contributed by atoms with van der Waals surface area (Å²) >= 11 is 3.43. The van der Waals surface area contributed by atoms with E-state index < -0.39 is 0 Å². The third-order valence-corrected chi connectivity index (χ3v) is 3.14. The van der Waals surface area contributed by atoms with Crippen LogP contribution < -0.4 is 16.2 Å². The fourth-order valence-electron chi connectivity index (χ4n) is 1.66. The van der Waals surface area contributed by atoms with Crippen LogP contribution in [0.1, 0.15) is 5.56 Å². The Morgan fingerprint density at radius 3 is 2.61 bits per heavy atom. The van der Waals surface area contributed by atoms with Crippen molar-refractivity contribution >= 4 is 27.6 Å². The number of nitrogen functional groups attached to an aromatic ring is 1. The highest BCUT2D eigenvalue weighted by atomic mass is 79.9. The Kier molecular flexibility index (Phi) is 4.17. The summed E-state index contributed by atoms with van der Waals surface area (Å²) in [5.74, 6) is 6.90. The van der Waals surface area contributed by atoms with Gasteiger partial charge in [-0.1, -0.05) is 34.1 Å². The fourth-order valence-corrected chi connectivity index (χ4v) is 1.93. The molecule has 2 aromatic rings. The number of benzene rings is 1. The number of anilines is 2. The third kappa shape index (κ3) is 3.21. The van der Waals surface area contributed by atoms with Gasteiger partial charge in [-0.2, -0.15) is 0 Å². The lowest BCUT2D eigenvalue weighted by Gasteiger charge is -2.18. The largest absolute Gasteiger partial charge is 0.355 e. The Morgan fingerprint density at radius 2 is 1.94 bits per heavy atom. The fraction of sp³-hybridized carbons (Fsp3) is 0.154. The van der Waals surface area contributed by atoms with E-state index in [9.17, 15) is 0 Å². The Labute approximate surface area is 115 Å². The molecule has 0 bridgehead atoms. The minimum atomic E-state index is 0.662. The zero-order valence-electron chi connectivity index (χ0n) is 10.1. The maximum atomic E-state index is 5.35. The van der Waals surface area contributed by atoms with Crippen molar-refractivity contribution in [3.8, 4) is 0 Å². The number of halogens is 1. The van der Waals surface area contributed by atoms with Crippen LogP contribution in [-0.2, 0) is 6.54 Å². The predicted molar refractivity (Wildman–Crippen MR) is 78.3 cm³/mol. The quantitative estimate of drug-likeness (QED) is 0.674. The van der Waals surface area contributed by atoms with E-state index in [1.807, 2.05) is 37.4 Å². The van der Waals surface area contributed by atoms with E-state index in [-0.39, 0.29) is 0 Å². The van der Waals surface area contributed by atoms with E-state index in [0.717, 1.165) is 16.8 Å². The van der Waals surface area contributed by atoms with Gasteiger partial charge >= 0.3 is 0 Å². The number of hydrogen-bond donors (Lipinski definition) is 2. The first-order valence-electron chi connectivity index (χ1n) is 5.58. The van der Waals surface area contributed by atoms with Crippen molar-refractivity contribution in [1.29, 1.82) is 0 Å². The molecule has 0 radical (unpaired) electrons. The van der Waals surface area contributed by atoms with Gasteiger partial charge in [0.1, 0.15) is 11.6 Å². The molecule has 94 valence electrons. The maximum absolute atomic E-state index is 5.35. The number of hydrazine groups is 1. The van der Waals surface area contributed by atoms with Crippen molar-refractivity contribution in [3.63, 3.8) is 0 Å². The van der Waals surface area contributed by atoms with E-state index in [4.69, 9.17) is 5.84 Å². The first kappa shape index (κ1) is 12.9. The summed E-state index contributed by atoms with van der Waals surface area (Å²) in [7, 11) is 2.00. The average Bonchev–Trinajstić information content (AvgIpc) is 2.41. The monoisotopic (exact) mass is 306 g/mol. The SMILES string of the molecule is CN(Cc1ccc(Br)cc1)c1cccc(NN)n1. The lowest BCUT2D eigenvalue weighted by atomic mass is 10.2. The van der Waals surface area contributed by atoms with Crippen LogP contribution in [0, 0.1) is 0 Å². The predicted octanol–water partition coefficient (Wildman–Crippen LogP) is 2.77. The second-order valence-electron chi connectivity index (χ2n) is 4.01. The molecule has 0 spiro atoms. The normalized spacial score (nSPS) is 10.2. The number of pyridine rings is 1. The Bertz CT molecular complexity index is 513. The molecular weight excluding hydrogens is 292 g/mol. The zero-order valence-corrected chi connectivity index (χ0v) is 11.7. The van der Waals surface area contributed by atoms with Gasteiger partial charge < -0.3 is 10.3 Å². The molecule has 0 saturated carbocycles. The summed E-state index contributed by atoms with van der Waals surface area (Å²) in [5, 5.41) is 0. The molecule has 0 unspecified atom stereocenters.